The molecule has 13 heavy (non-hydrogen) atoms. The van der Waals surface area contributed by atoms with Crippen molar-refractivity contribution in [2.75, 3.05) is 7.11 Å². The molecular weight excluding hydrogens is 219 g/mol. The van der Waals surface area contributed by atoms with E-state index in [0.29, 0.717) is 0 Å². The van der Waals surface area contributed by atoms with Crippen LogP contribution in [0.1, 0.15) is 12.8 Å². The Bertz CT molecular complexity index is 166. The van der Waals surface area contributed by atoms with Crippen molar-refractivity contribution in [2.24, 2.45) is 11.5 Å². The molecule has 0 saturated heterocycles. The van der Waals surface area contributed by atoms with Crippen molar-refractivity contribution in [1.82, 2.24) is 0 Å². The minimum atomic E-state index is -0.743. The summed E-state index contributed by atoms with van der Waals surface area (Å²) in [5.74, 6) is -0.990. The molecule has 0 aliphatic heterocycles. The molecule has 0 heterocycles. The van der Waals surface area contributed by atoms with Crippen LogP contribution < -0.4 is 11.5 Å². The zero-order valence-corrected chi connectivity index (χ0v) is 8.82. The van der Waals surface area contributed by atoms with Crippen LogP contribution in [0.25, 0.3) is 0 Å². The number of rotatable bonds is 4. The van der Waals surface area contributed by atoms with Gasteiger partial charge in [0.25, 0.3) is 0 Å². The Hall–Kier alpha value is -0.520. The molecule has 0 unspecified atom stereocenters. The Kier molecular flexibility index (Phi) is 13.5. The van der Waals surface area contributed by atoms with E-state index < -0.39 is 17.9 Å². The molecule has 7 heteroatoms. The van der Waals surface area contributed by atoms with E-state index >= 15 is 0 Å². The molecule has 80 valence electrons. The summed E-state index contributed by atoms with van der Waals surface area (Å²) >= 11 is 0. The van der Waals surface area contributed by atoms with E-state index in [4.69, 9.17) is 11.5 Å². The number of hydrogen-bond donors (Lipinski definition) is 2. The van der Waals surface area contributed by atoms with Crippen molar-refractivity contribution < 1.29 is 14.3 Å². The van der Waals surface area contributed by atoms with Crippen LogP contribution in [0.4, 0.5) is 0 Å². The Morgan fingerprint density at radius 1 is 1.38 bits per heavy atom. The van der Waals surface area contributed by atoms with Gasteiger partial charge >= 0.3 is 5.97 Å². The molecule has 0 spiro atoms. The molecule has 0 aliphatic rings. The number of esters is 1. The van der Waals surface area contributed by atoms with Crippen LogP contribution in [0.3, 0.4) is 0 Å². The van der Waals surface area contributed by atoms with E-state index in [1.54, 1.807) is 0 Å². The van der Waals surface area contributed by atoms with Gasteiger partial charge in [0.05, 0.1) is 7.11 Å². The molecule has 0 aromatic carbocycles. The molecule has 0 rings (SSSR count). The molecule has 0 aromatic rings. The third-order valence-electron chi connectivity index (χ3n) is 1.21. The van der Waals surface area contributed by atoms with Gasteiger partial charge < -0.3 is 16.2 Å². The number of halogens is 2. The third kappa shape index (κ3) is 9.39. The topological polar surface area (TPSA) is 95.4 Å². The van der Waals surface area contributed by atoms with Gasteiger partial charge in [-0.25, -0.2) is 0 Å². The lowest BCUT2D eigenvalue weighted by Gasteiger charge is -2.06. The van der Waals surface area contributed by atoms with Gasteiger partial charge in [0.15, 0.2) is 0 Å². The molecule has 0 bridgehead atoms. The van der Waals surface area contributed by atoms with Crippen molar-refractivity contribution >= 4 is 36.7 Å². The lowest BCUT2D eigenvalue weighted by molar-refractivity contribution is -0.142. The first kappa shape index (κ1) is 18.3. The van der Waals surface area contributed by atoms with E-state index in [1.165, 1.54) is 7.11 Å². The van der Waals surface area contributed by atoms with Crippen molar-refractivity contribution in [3.8, 4) is 0 Å². The van der Waals surface area contributed by atoms with E-state index in [-0.39, 0.29) is 37.7 Å². The molecule has 1 atom stereocenters. The van der Waals surface area contributed by atoms with Crippen LogP contribution in [0.2, 0.25) is 0 Å². The highest BCUT2D eigenvalue weighted by Crippen LogP contribution is 1.94. The molecular formula is C6H14Cl2N2O3. The summed E-state index contributed by atoms with van der Waals surface area (Å²) in [6.07, 6.45) is 0.346. The summed E-state index contributed by atoms with van der Waals surface area (Å²) in [4.78, 5) is 20.9. The lowest BCUT2D eigenvalue weighted by Crippen LogP contribution is -2.32. The molecule has 4 N–H and O–H groups in total. The maximum atomic E-state index is 10.6. The molecule has 0 aromatic heterocycles. The first-order chi connectivity index (χ1) is 5.07. The average molecular weight is 233 g/mol. The highest BCUT2D eigenvalue weighted by molar-refractivity contribution is 5.85. The second-order valence-corrected chi connectivity index (χ2v) is 2.13. The van der Waals surface area contributed by atoms with Gasteiger partial charge in [-0.15, -0.1) is 24.8 Å². The summed E-state index contributed by atoms with van der Waals surface area (Å²) in [6.45, 7) is 0. The quantitative estimate of drug-likeness (QED) is 0.645. The normalized spacial score (nSPS) is 10.3. The highest BCUT2D eigenvalue weighted by Gasteiger charge is 2.13. The first-order valence-electron chi connectivity index (χ1n) is 3.19. The average Bonchev–Trinajstić information content (AvgIpc) is 1.98. The van der Waals surface area contributed by atoms with Crippen molar-refractivity contribution in [2.45, 2.75) is 18.9 Å². The second kappa shape index (κ2) is 9.57. The summed E-state index contributed by atoms with van der Waals surface area (Å²) < 4.78 is 4.33. The van der Waals surface area contributed by atoms with Gasteiger partial charge in [-0.05, 0) is 6.42 Å². The summed E-state index contributed by atoms with van der Waals surface area (Å²) in [5, 5.41) is 0. The summed E-state index contributed by atoms with van der Waals surface area (Å²) in [7, 11) is 1.24. The van der Waals surface area contributed by atoms with Crippen molar-refractivity contribution in [1.29, 1.82) is 0 Å². The smallest absolute Gasteiger partial charge is 0.322 e. The fourth-order valence-corrected chi connectivity index (χ4v) is 0.567. The number of carbonyl (C=O) groups is 2. The van der Waals surface area contributed by atoms with Gasteiger partial charge in [-0.3, -0.25) is 9.59 Å². The van der Waals surface area contributed by atoms with E-state index in [1.807, 2.05) is 0 Å². The van der Waals surface area contributed by atoms with Gasteiger partial charge in [0.2, 0.25) is 5.91 Å². The van der Waals surface area contributed by atoms with Crippen LogP contribution in [0.5, 0.6) is 0 Å². The van der Waals surface area contributed by atoms with Gasteiger partial charge in [0, 0.05) is 6.42 Å². The Morgan fingerprint density at radius 2 is 1.85 bits per heavy atom. The SMILES string of the molecule is COC(=O)[C@@H](N)CCC(N)=O.Cl.Cl. The van der Waals surface area contributed by atoms with Gasteiger partial charge in [-0.1, -0.05) is 0 Å². The number of nitrogens with two attached hydrogens (primary N) is 2. The number of ether oxygens (including phenoxy) is 1. The van der Waals surface area contributed by atoms with Crippen LogP contribution in [-0.2, 0) is 14.3 Å². The summed E-state index contributed by atoms with van der Waals surface area (Å²) in [5.41, 5.74) is 10.1. The molecule has 5 nitrogen and oxygen atoms in total. The third-order valence-corrected chi connectivity index (χ3v) is 1.21. The zero-order chi connectivity index (χ0) is 8.85. The van der Waals surface area contributed by atoms with Crippen molar-refractivity contribution in [3.05, 3.63) is 0 Å². The minimum Gasteiger partial charge on any atom is -0.468 e. The van der Waals surface area contributed by atoms with Gasteiger partial charge in [0.1, 0.15) is 6.04 Å². The standard InChI is InChI=1S/C6H12N2O3.2ClH/c1-11-6(10)4(7)2-3-5(8)9;;/h4H,2-3,7H2,1H3,(H2,8,9);2*1H/t4-;;/m0../s1. The molecule has 0 radical (unpaired) electrons. The maximum absolute atomic E-state index is 10.6. The van der Waals surface area contributed by atoms with Crippen LogP contribution in [0, 0.1) is 0 Å². The van der Waals surface area contributed by atoms with E-state index in [0.717, 1.165) is 0 Å². The molecule has 0 saturated carbocycles. The Morgan fingerprint density at radius 3 is 2.15 bits per heavy atom. The second-order valence-electron chi connectivity index (χ2n) is 2.13. The van der Waals surface area contributed by atoms with Crippen molar-refractivity contribution in [3.63, 3.8) is 0 Å². The Labute approximate surface area is 89.0 Å². The van der Waals surface area contributed by atoms with Crippen LogP contribution >= 0.6 is 24.8 Å². The fraction of sp³-hybridized carbons (Fsp3) is 0.667. The van der Waals surface area contributed by atoms with Crippen LogP contribution in [0.15, 0.2) is 0 Å². The predicted octanol–water partition coefficient (Wildman–Crippen LogP) is -0.404. The predicted molar refractivity (Wildman–Crippen MR) is 52.9 cm³/mol. The monoisotopic (exact) mass is 232 g/mol. The van der Waals surface area contributed by atoms with Crippen LogP contribution in [-0.4, -0.2) is 25.0 Å². The summed E-state index contributed by atoms with van der Waals surface area (Å²) in [6, 6.07) is -0.743. The lowest BCUT2D eigenvalue weighted by atomic mass is 10.2. The van der Waals surface area contributed by atoms with Gasteiger partial charge in [-0.2, -0.15) is 0 Å². The highest BCUT2D eigenvalue weighted by atomic mass is 35.5. The zero-order valence-electron chi connectivity index (χ0n) is 7.19. The van der Waals surface area contributed by atoms with E-state index in [9.17, 15) is 9.59 Å². The number of primary amides is 1. The largest absolute Gasteiger partial charge is 0.468 e. The number of hydrogen-bond acceptors (Lipinski definition) is 4. The number of amides is 1. The molecule has 0 aliphatic carbocycles. The number of methoxy groups -OCH3 is 1. The van der Waals surface area contributed by atoms with E-state index in [2.05, 4.69) is 4.74 Å². The Balaban J connectivity index is -0.000000500. The molecule has 0 fully saturated rings. The first-order valence-corrected chi connectivity index (χ1v) is 3.19. The minimum absolute atomic E-state index is 0. The fourth-order valence-electron chi connectivity index (χ4n) is 0.567. The molecule has 1 amide bonds. The maximum Gasteiger partial charge on any atom is 0.322 e. The number of carbonyl (C=O) groups excluding carboxylic acids is 2.